The summed E-state index contributed by atoms with van der Waals surface area (Å²) < 4.78 is 0.660. The first-order chi connectivity index (χ1) is 26.2. The largest absolute Gasteiger partial charge is 0.390 e. The molecular formula is C46H68O4S4Si. The van der Waals surface area contributed by atoms with Gasteiger partial charge in [0, 0.05) is 67.1 Å². The van der Waals surface area contributed by atoms with E-state index >= 15 is 0 Å². The average Bonchev–Trinajstić information content (AvgIpc) is 3.95. The second kappa shape index (κ2) is 14.6. The van der Waals surface area contributed by atoms with Crippen molar-refractivity contribution >= 4 is 72.5 Å². The van der Waals surface area contributed by atoms with E-state index in [0.717, 1.165) is 57.4 Å². The number of hydrogen-bond donors (Lipinski definition) is 1. The van der Waals surface area contributed by atoms with E-state index < -0.39 is 13.7 Å². The summed E-state index contributed by atoms with van der Waals surface area (Å²) in [7, 11) is -1.48. The van der Waals surface area contributed by atoms with Gasteiger partial charge in [-0.05, 0) is 131 Å². The number of allylic oxidation sites excluding steroid dienone is 2. The Balaban J connectivity index is 0.000000147. The quantitative estimate of drug-likeness (QED) is 0.222. The molecule has 10 rings (SSSR count). The highest BCUT2D eigenvalue weighted by molar-refractivity contribution is 8.22. The molecule has 0 aromatic rings. The summed E-state index contributed by atoms with van der Waals surface area (Å²) >= 11 is 8.59. The zero-order chi connectivity index (χ0) is 38.6. The minimum absolute atomic E-state index is 0.226. The fraction of sp³-hybridized carbons (Fsp3) is 0.848. The smallest absolute Gasteiger partial charge is 0.139 e. The fourth-order valence-electron chi connectivity index (χ4n) is 15.6. The molecule has 6 saturated carbocycles. The molecule has 0 aromatic heterocycles. The SMILES string of the molecule is CC[C@]12CC(=O)C3C4CCC5(C=C4CCC3C1CCC2=O)SCCS5.CC[C@]12CC(O)(C[Si](C)(C)C)C3C4CCC5(C=C4CCC3C1CCC2=O)SCCS5. The number of fused-ring (bicyclic) bond motifs is 10. The maximum Gasteiger partial charge on any atom is 0.139 e. The molecule has 0 bridgehead atoms. The van der Waals surface area contributed by atoms with Crippen LogP contribution in [-0.4, -0.2) is 67.3 Å². The van der Waals surface area contributed by atoms with Crippen LogP contribution < -0.4 is 0 Å². The van der Waals surface area contributed by atoms with E-state index in [9.17, 15) is 19.5 Å². The van der Waals surface area contributed by atoms with Crippen LogP contribution in [0.4, 0.5) is 0 Å². The average molecular weight is 841 g/mol. The Morgan fingerprint density at radius 2 is 1.18 bits per heavy atom. The lowest BCUT2D eigenvalue weighted by Gasteiger charge is -2.61. The summed E-state index contributed by atoms with van der Waals surface area (Å²) in [6.07, 6.45) is 21.6. The molecule has 55 heavy (non-hydrogen) atoms. The van der Waals surface area contributed by atoms with Crippen molar-refractivity contribution in [3.63, 3.8) is 0 Å². The molecule has 0 aromatic carbocycles. The Morgan fingerprint density at radius 3 is 1.75 bits per heavy atom. The van der Waals surface area contributed by atoms with Gasteiger partial charge in [-0.1, -0.05) is 56.8 Å². The van der Waals surface area contributed by atoms with E-state index in [1.54, 1.807) is 11.1 Å². The first kappa shape index (κ1) is 40.5. The molecule has 2 aliphatic heterocycles. The molecule has 2 saturated heterocycles. The topological polar surface area (TPSA) is 71.4 Å². The van der Waals surface area contributed by atoms with Gasteiger partial charge in [-0.15, -0.1) is 47.0 Å². The van der Waals surface area contributed by atoms with E-state index in [1.807, 2.05) is 0 Å². The highest BCUT2D eigenvalue weighted by atomic mass is 32.2. The van der Waals surface area contributed by atoms with Gasteiger partial charge >= 0.3 is 0 Å². The molecule has 9 heteroatoms. The second-order valence-corrected chi connectivity index (χ2v) is 32.7. The molecule has 8 fully saturated rings. The van der Waals surface area contributed by atoms with Gasteiger partial charge in [-0.2, -0.15) is 0 Å². The number of aliphatic hydroxyl groups is 1. The van der Waals surface area contributed by atoms with Crippen LogP contribution in [0.3, 0.4) is 0 Å². The van der Waals surface area contributed by atoms with Gasteiger partial charge in [0.2, 0.25) is 0 Å². The van der Waals surface area contributed by atoms with Gasteiger partial charge in [0.1, 0.15) is 17.3 Å². The zero-order valence-corrected chi connectivity index (χ0v) is 38.7. The lowest BCUT2D eigenvalue weighted by molar-refractivity contribution is -0.168. The molecule has 9 unspecified atom stereocenters. The number of rotatable bonds is 4. The number of carbonyl (C=O) groups is 3. The first-order valence-electron chi connectivity index (χ1n) is 22.5. The van der Waals surface area contributed by atoms with Crippen LogP contribution in [0.1, 0.15) is 117 Å². The summed E-state index contributed by atoms with van der Waals surface area (Å²) in [5.74, 6) is 10.1. The molecule has 2 heterocycles. The minimum atomic E-state index is -1.48. The first-order valence-corrected chi connectivity index (χ1v) is 30.2. The van der Waals surface area contributed by atoms with Crippen LogP contribution in [0, 0.1) is 58.2 Å². The summed E-state index contributed by atoms with van der Waals surface area (Å²) in [5, 5.41) is 12.5. The van der Waals surface area contributed by atoms with E-state index in [2.05, 4.69) is 92.7 Å². The van der Waals surface area contributed by atoms with Gasteiger partial charge < -0.3 is 5.11 Å². The molecule has 1 N–H and O–H groups in total. The molecule has 11 atom stereocenters. The number of carbonyl (C=O) groups excluding carboxylic acids is 3. The number of thioether (sulfide) groups is 4. The van der Waals surface area contributed by atoms with Crippen LogP contribution in [-0.2, 0) is 14.4 Å². The van der Waals surface area contributed by atoms with Crippen molar-refractivity contribution in [1.29, 1.82) is 0 Å². The van der Waals surface area contributed by atoms with Crippen LogP contribution in [0.15, 0.2) is 23.3 Å². The van der Waals surface area contributed by atoms with E-state index in [-0.39, 0.29) is 16.7 Å². The van der Waals surface area contributed by atoms with E-state index in [4.69, 9.17) is 0 Å². The molecule has 2 spiro atoms. The van der Waals surface area contributed by atoms with Gasteiger partial charge in [0.15, 0.2) is 0 Å². The summed E-state index contributed by atoms with van der Waals surface area (Å²) in [5.41, 5.74) is 2.10. The Hall–Kier alpha value is 0.0669. The number of Topliss-reactive ketones (excluding diaryl/α,β-unsaturated/α-hetero) is 3. The van der Waals surface area contributed by atoms with Crippen LogP contribution in [0.25, 0.3) is 0 Å². The van der Waals surface area contributed by atoms with Crippen molar-refractivity contribution in [3.05, 3.63) is 23.3 Å². The highest BCUT2D eigenvalue weighted by Crippen LogP contribution is 2.68. The molecule has 0 radical (unpaired) electrons. The fourth-order valence-corrected chi connectivity index (χ4v) is 24.2. The Kier molecular flexibility index (Phi) is 10.8. The highest BCUT2D eigenvalue weighted by Gasteiger charge is 2.66. The molecule has 4 nitrogen and oxygen atoms in total. The van der Waals surface area contributed by atoms with Crippen LogP contribution in [0.5, 0.6) is 0 Å². The monoisotopic (exact) mass is 840 g/mol. The third-order valence-corrected chi connectivity index (χ3v) is 25.9. The van der Waals surface area contributed by atoms with Gasteiger partial charge in [-0.3, -0.25) is 14.4 Å². The van der Waals surface area contributed by atoms with Crippen molar-refractivity contribution in [2.45, 2.75) is 156 Å². The van der Waals surface area contributed by atoms with Gasteiger partial charge in [0.25, 0.3) is 0 Å². The summed E-state index contributed by atoms with van der Waals surface area (Å²) in [6, 6.07) is 0.960. The maximum absolute atomic E-state index is 13.3. The maximum atomic E-state index is 13.3. The molecular weight excluding hydrogens is 773 g/mol. The Bertz CT molecular complexity index is 1640. The summed E-state index contributed by atoms with van der Waals surface area (Å²) in [4.78, 5) is 39.1. The zero-order valence-electron chi connectivity index (χ0n) is 34.4. The van der Waals surface area contributed by atoms with Crippen LogP contribution >= 0.6 is 47.0 Å². The molecule has 0 amide bonds. The van der Waals surface area contributed by atoms with Crippen molar-refractivity contribution in [2.75, 3.05) is 23.0 Å². The standard InChI is InChI=1S/C25H40O2S2Si.C21H28O2S2/c1-5-23-15-24(27,16-30(2,3)4)22-18-10-11-25(28-12-13-29-25)14-17(18)6-7-19(22)20(23)8-9-21(23)26;1-2-20-12-17(22)19-14-7-8-21(24-9-10-25-21)11-13(14)3-4-15(19)16(20)5-6-18(20)23/h14,18-20,22,27H,5-13,15-16H2,1-4H3;11,14-16,19H,2-10,12H2,1H3/t18?,19?,20?,22?,23-,24?;14?,15?,16?,19?,20-/m00/s1. The molecule has 8 aliphatic carbocycles. The lowest BCUT2D eigenvalue weighted by atomic mass is 9.47. The second-order valence-electron chi connectivity index (χ2n) is 21.0. The van der Waals surface area contributed by atoms with E-state index in [1.165, 1.54) is 68.0 Å². The Labute approximate surface area is 350 Å². The Morgan fingerprint density at radius 1 is 0.673 bits per heavy atom. The predicted octanol–water partition coefficient (Wildman–Crippen LogP) is 11.2. The third-order valence-electron chi connectivity index (χ3n) is 17.4. The normalized spacial score (nSPS) is 45.1. The lowest BCUT2D eigenvalue weighted by Crippen LogP contribution is -2.62. The van der Waals surface area contributed by atoms with Crippen molar-refractivity contribution in [1.82, 2.24) is 0 Å². The van der Waals surface area contributed by atoms with Crippen molar-refractivity contribution < 1.29 is 19.5 Å². The molecule has 10 aliphatic rings. The van der Waals surface area contributed by atoms with Crippen molar-refractivity contribution in [3.8, 4) is 0 Å². The van der Waals surface area contributed by atoms with Gasteiger partial charge in [-0.25, -0.2) is 0 Å². The minimum Gasteiger partial charge on any atom is -0.390 e. The predicted molar refractivity (Wildman–Crippen MR) is 238 cm³/mol. The van der Waals surface area contributed by atoms with Crippen LogP contribution in [0.2, 0.25) is 25.7 Å². The van der Waals surface area contributed by atoms with Gasteiger partial charge in [0.05, 0.1) is 13.8 Å². The van der Waals surface area contributed by atoms with E-state index in [0.29, 0.717) is 73.4 Å². The molecule has 304 valence electrons. The summed E-state index contributed by atoms with van der Waals surface area (Å²) in [6.45, 7) is 11.6. The third kappa shape index (κ3) is 6.60. The number of ketones is 3. The van der Waals surface area contributed by atoms with Crippen molar-refractivity contribution in [2.24, 2.45) is 58.2 Å². The number of hydrogen-bond acceptors (Lipinski definition) is 8.